The van der Waals surface area contributed by atoms with E-state index in [0.29, 0.717) is 0 Å². The summed E-state index contributed by atoms with van der Waals surface area (Å²) >= 11 is 0. The fraction of sp³-hybridized carbons (Fsp3) is 0.142. The molecule has 145 heavy (non-hydrogen) atoms. The van der Waals surface area contributed by atoms with Gasteiger partial charge in [0.15, 0.2) is 5.78 Å². The van der Waals surface area contributed by atoms with Crippen LogP contribution in [0.3, 0.4) is 0 Å². The van der Waals surface area contributed by atoms with Gasteiger partial charge in [-0.1, -0.05) is 220 Å². The summed E-state index contributed by atoms with van der Waals surface area (Å²) in [6.45, 7) is 36.0. The molecule has 0 bridgehead atoms. The van der Waals surface area contributed by atoms with E-state index in [-0.39, 0.29) is 118 Å². The number of pyridine rings is 9. The number of aromatic carboxylic acids is 1. The Bertz CT molecular complexity index is 7100. The van der Waals surface area contributed by atoms with Gasteiger partial charge in [0.2, 0.25) is 0 Å². The van der Waals surface area contributed by atoms with E-state index in [9.17, 15) is 9.59 Å². The molecule has 0 aliphatic carbocycles. The average molecular weight is 2790 g/mol. The molecule has 0 spiro atoms. The molecule has 13 nitrogen and oxygen atoms in total. The Hall–Kier alpha value is -13.5. The van der Waals surface area contributed by atoms with Crippen LogP contribution >= 0.6 is 0 Å². The van der Waals surface area contributed by atoms with Gasteiger partial charge < -0.3 is 35.1 Å². The number of para-hydroxylation sites is 2. The van der Waals surface area contributed by atoms with Gasteiger partial charge in [0.1, 0.15) is 5.69 Å². The first-order valence-electron chi connectivity index (χ1n) is 46.1. The minimum Gasteiger partial charge on any atom is -0.512 e. The molecule has 0 atom stereocenters. The number of rotatable bonds is 10. The SMILES string of the molecule is CC(=O)C=C(C)O.Cc1[c-]c(-c2ccc3ccc(C)cc3n2)cc(C)c1.Cc1[c-]c(-c2ccc3ccccc3n2)cc(C)c1.Cc1cc[c-]c(-c2cc(C)ccn2)c1.Cc1cc[c-]c(-c2ccc3ccccc3n2)c1.Cc1ccc(-c2[c-]ccc(C)c2)nc1.Cc1ccc(-c2[c-]ccc(C)c2)nc1.Cc1ccc(-c2[c-]ccc(C)c2)nc1.Cc1ccc(-c2[c-]ccc(C)c2)nc1.O=C(O)c1ccccn1.[Ir].[Ir].[Ir].[Ir].[Ir]. The van der Waals surface area contributed by atoms with Gasteiger partial charge in [0.05, 0.1) is 22.3 Å². The standard InChI is InChI=1S/C18H16N.C17H14N.C16H12N.5C13H12N.C6H5NO2.C5H8O2.5Ir/c1-12-4-5-15-6-7-17(19-18(15)11-12)16-9-13(2)8-14(3)10-16;1-12-9-13(2)11-15(10-12)17-8-7-14-5-3-4-6-16(14)18-17;1-12-5-4-7-14(11-12)16-10-9-13-6-2-3-8-15(13)17-16;1-10-4-3-5-12(8-10)13-9-11(2)6-7-14-13;4*1-10-4-3-5-12(8-10)13-7-6-11(2)9-14-13;8-6(9)5-3-1-2-4-7-5;1-4(6)3-5(2)7;;;;;/h4-9,11H,1-3H3;3-10H,1-2H3;2-6,8-11H,1H3;5*3-4,6-9H,1-2H3;1-4H,(H,8,9);3,6H,1-2H3;;;;;/q8*-1;;;;;;;. The topological polar surface area (TPSA) is 191 Å². The predicted molar refractivity (Wildman–Crippen MR) is 575 cm³/mol. The summed E-state index contributed by atoms with van der Waals surface area (Å²) in [5.41, 5.74) is 39.0. The van der Waals surface area contributed by atoms with Gasteiger partial charge in [-0.25, -0.2) is 9.78 Å². The predicted octanol–water partition coefficient (Wildman–Crippen LogP) is 30.6. The third-order valence-electron chi connectivity index (χ3n) is 21.1. The summed E-state index contributed by atoms with van der Waals surface area (Å²) in [5, 5.41) is 20.2. The van der Waals surface area contributed by atoms with Crippen molar-refractivity contribution >= 4 is 44.5 Å². The number of aliphatic hydroxyl groups is 1. The summed E-state index contributed by atoms with van der Waals surface area (Å²) in [5.74, 6) is -1.05. The van der Waals surface area contributed by atoms with E-state index in [1.54, 1.807) is 12.1 Å². The van der Waals surface area contributed by atoms with Crippen molar-refractivity contribution in [2.45, 2.75) is 125 Å². The number of carboxylic acid groups (broad SMARTS) is 1. The zero-order valence-corrected chi connectivity index (χ0v) is 96.4. The van der Waals surface area contributed by atoms with Gasteiger partial charge in [-0.05, 0) is 181 Å². The Morgan fingerprint density at radius 2 is 0.524 bits per heavy atom. The largest absolute Gasteiger partial charge is 0.512 e. The molecule has 0 aliphatic heterocycles. The molecular formula is C127H115Ir5N9O4-8. The van der Waals surface area contributed by atoms with Gasteiger partial charge in [-0.15, -0.1) is 282 Å². The number of allylic oxidation sites excluding steroid dienone is 2. The van der Waals surface area contributed by atoms with Crippen LogP contribution in [0.25, 0.3) is 123 Å². The van der Waals surface area contributed by atoms with Gasteiger partial charge in [0.25, 0.3) is 0 Å². The maximum absolute atomic E-state index is 10.1. The van der Waals surface area contributed by atoms with Gasteiger partial charge >= 0.3 is 5.97 Å². The minimum absolute atomic E-state index is 0. The van der Waals surface area contributed by atoms with Crippen LogP contribution in [0.5, 0.6) is 0 Å². The number of ketones is 1. The van der Waals surface area contributed by atoms with Crippen LogP contribution in [0.1, 0.15) is 113 Å². The van der Waals surface area contributed by atoms with Crippen LogP contribution in [0.2, 0.25) is 0 Å². The van der Waals surface area contributed by atoms with E-state index >= 15 is 0 Å². The molecule has 18 heteroatoms. The second-order valence-corrected chi connectivity index (χ2v) is 34.4. The van der Waals surface area contributed by atoms with E-state index in [1.165, 1.54) is 126 Å². The fourth-order valence-electron chi connectivity index (χ4n) is 14.2. The summed E-state index contributed by atoms with van der Waals surface area (Å²) in [7, 11) is 0. The Labute approximate surface area is 923 Å². The van der Waals surface area contributed by atoms with Crippen molar-refractivity contribution in [1.82, 2.24) is 44.9 Å². The smallest absolute Gasteiger partial charge is 0.354 e. The normalized spacial score (nSPS) is 10.0. The molecule has 0 fully saturated rings. The second-order valence-electron chi connectivity index (χ2n) is 34.4. The third kappa shape index (κ3) is 40.5. The number of carboxylic acids is 1. The first kappa shape index (κ1) is 120. The fourth-order valence-corrected chi connectivity index (χ4v) is 14.2. The van der Waals surface area contributed by atoms with Crippen LogP contribution in [-0.2, 0) is 105 Å². The maximum Gasteiger partial charge on any atom is 0.354 e. The van der Waals surface area contributed by atoms with Crippen molar-refractivity contribution in [3.05, 3.63) is 508 Å². The Balaban J connectivity index is 0.000000247. The van der Waals surface area contributed by atoms with Crippen molar-refractivity contribution in [2.75, 3.05) is 0 Å². The van der Waals surface area contributed by atoms with Crippen molar-refractivity contribution < 1.29 is 120 Å². The number of aryl methyl sites for hydroxylation is 16. The number of carbonyl (C=O) groups excluding carboxylic acids is 1. The molecule has 0 aliphatic rings. The zero-order valence-electron chi connectivity index (χ0n) is 84.5. The minimum atomic E-state index is -0.990. The van der Waals surface area contributed by atoms with E-state index in [0.717, 1.165) is 118 Å². The third-order valence-corrected chi connectivity index (χ3v) is 21.1. The molecule has 9 heterocycles. The molecule has 20 rings (SSSR count). The number of nitrogens with zero attached hydrogens (tertiary/aromatic N) is 9. The molecule has 9 aromatic heterocycles. The van der Waals surface area contributed by atoms with Crippen molar-refractivity contribution in [2.24, 2.45) is 0 Å². The number of aliphatic hydroxyl groups excluding tert-OH is 1. The molecule has 745 valence electrons. The number of carbonyl (C=O) groups is 2. The quantitative estimate of drug-likeness (QED) is 0.0748. The van der Waals surface area contributed by atoms with Crippen LogP contribution < -0.4 is 0 Å². The molecule has 0 saturated carbocycles. The van der Waals surface area contributed by atoms with Crippen molar-refractivity contribution in [3.63, 3.8) is 0 Å². The Morgan fingerprint density at radius 1 is 0.241 bits per heavy atom. The van der Waals surface area contributed by atoms with Crippen molar-refractivity contribution in [3.8, 4) is 90.1 Å². The number of aromatic nitrogens is 9. The molecule has 0 amide bonds. The summed E-state index contributed by atoms with van der Waals surface area (Å²) < 4.78 is 0. The van der Waals surface area contributed by atoms with Gasteiger partial charge in [-0.3, -0.25) is 19.7 Å². The molecule has 2 N–H and O–H groups in total. The molecule has 0 saturated heterocycles. The number of hydrogen-bond acceptors (Lipinski definition) is 12. The monoisotopic (exact) mass is 2790 g/mol. The summed E-state index contributed by atoms with van der Waals surface area (Å²) in [6, 6.07) is 131. The molecule has 11 aromatic carbocycles. The van der Waals surface area contributed by atoms with E-state index in [2.05, 4.69) is 318 Å². The summed E-state index contributed by atoms with van der Waals surface area (Å²) in [6.07, 6.45) is 12.0. The van der Waals surface area contributed by atoms with Crippen LogP contribution in [-0.4, -0.2) is 66.8 Å². The van der Waals surface area contributed by atoms with Crippen LogP contribution in [0.15, 0.2) is 364 Å². The maximum atomic E-state index is 10.1. The molecule has 0 unspecified atom stereocenters. The Kier molecular flexibility index (Phi) is 51.0. The second kappa shape index (κ2) is 61.6. The first-order valence-corrected chi connectivity index (χ1v) is 46.1. The average Bonchev–Trinajstić information content (AvgIpc) is 0.813. The van der Waals surface area contributed by atoms with Crippen molar-refractivity contribution in [1.29, 1.82) is 0 Å². The molecular weight excluding hydrogens is 2680 g/mol. The van der Waals surface area contributed by atoms with E-state index in [4.69, 9.17) is 20.2 Å². The van der Waals surface area contributed by atoms with Crippen LogP contribution in [0.4, 0.5) is 0 Å². The van der Waals surface area contributed by atoms with E-state index < -0.39 is 5.97 Å². The first-order chi connectivity index (χ1) is 67.4. The molecule has 5 radical (unpaired) electrons. The molecule has 20 aromatic rings. The number of hydrogen-bond donors (Lipinski definition) is 2. The zero-order chi connectivity index (χ0) is 100.0. The number of fused-ring (bicyclic) bond motifs is 3. The summed E-state index contributed by atoms with van der Waals surface area (Å²) in [4.78, 5) is 59.6. The van der Waals surface area contributed by atoms with Gasteiger partial charge in [0, 0.05) is 144 Å². The Morgan fingerprint density at radius 3 is 0.814 bits per heavy atom. The van der Waals surface area contributed by atoms with Crippen LogP contribution in [0, 0.1) is 159 Å². The number of benzene rings is 11. The van der Waals surface area contributed by atoms with E-state index in [1.807, 2.05) is 204 Å². The van der Waals surface area contributed by atoms with Gasteiger partial charge in [-0.2, -0.15) is 0 Å².